The van der Waals surface area contributed by atoms with Gasteiger partial charge in [0.2, 0.25) is 0 Å². The zero-order valence-electron chi connectivity index (χ0n) is 16.8. The van der Waals surface area contributed by atoms with Crippen LogP contribution in [-0.4, -0.2) is 38.2 Å². The highest BCUT2D eigenvalue weighted by Crippen LogP contribution is 2.31. The predicted octanol–water partition coefficient (Wildman–Crippen LogP) is 4.05. The van der Waals surface area contributed by atoms with Crippen LogP contribution in [0.15, 0.2) is 54.6 Å². The summed E-state index contributed by atoms with van der Waals surface area (Å²) in [7, 11) is 0. The number of piperidine rings is 1. The molecule has 146 valence electrons. The number of hydrogen-bond acceptors (Lipinski definition) is 4. The van der Waals surface area contributed by atoms with E-state index in [1.54, 1.807) is 0 Å². The Morgan fingerprint density at radius 3 is 2.43 bits per heavy atom. The summed E-state index contributed by atoms with van der Waals surface area (Å²) < 4.78 is 2.00. The van der Waals surface area contributed by atoms with Crippen LogP contribution < -0.4 is 0 Å². The van der Waals surface area contributed by atoms with E-state index in [0.29, 0.717) is 0 Å². The van der Waals surface area contributed by atoms with E-state index in [0.717, 1.165) is 37.8 Å². The van der Waals surface area contributed by atoms with Gasteiger partial charge in [0.05, 0.1) is 6.04 Å². The van der Waals surface area contributed by atoms with Crippen molar-refractivity contribution in [1.29, 1.82) is 0 Å². The van der Waals surface area contributed by atoms with Crippen LogP contribution in [0, 0.1) is 12.8 Å². The lowest BCUT2D eigenvalue weighted by Gasteiger charge is -2.36. The molecule has 0 radical (unpaired) electrons. The summed E-state index contributed by atoms with van der Waals surface area (Å²) >= 11 is 0. The van der Waals surface area contributed by atoms with Crippen LogP contribution in [0.2, 0.25) is 0 Å². The van der Waals surface area contributed by atoms with Crippen LogP contribution in [0.25, 0.3) is 0 Å². The van der Waals surface area contributed by atoms with Gasteiger partial charge in [0, 0.05) is 6.54 Å². The lowest BCUT2D eigenvalue weighted by atomic mass is 9.95. The Morgan fingerprint density at radius 2 is 1.71 bits per heavy atom. The molecule has 0 aliphatic carbocycles. The van der Waals surface area contributed by atoms with E-state index in [1.165, 1.54) is 29.5 Å². The van der Waals surface area contributed by atoms with Gasteiger partial charge in [0.25, 0.3) is 0 Å². The van der Waals surface area contributed by atoms with Gasteiger partial charge >= 0.3 is 0 Å². The molecule has 1 atom stereocenters. The molecule has 0 saturated carbocycles. The molecule has 28 heavy (non-hydrogen) atoms. The first-order chi connectivity index (χ1) is 13.7. The van der Waals surface area contributed by atoms with Crippen LogP contribution >= 0.6 is 0 Å². The molecule has 4 rings (SSSR count). The fourth-order valence-corrected chi connectivity index (χ4v) is 4.01. The number of hydrogen-bond donors (Lipinski definition) is 0. The Kier molecular flexibility index (Phi) is 5.81. The summed E-state index contributed by atoms with van der Waals surface area (Å²) in [5.41, 5.74) is 3.86. The highest BCUT2D eigenvalue weighted by Gasteiger charge is 2.30. The normalized spacial score (nSPS) is 16.9. The molecule has 5 nitrogen and oxygen atoms in total. The first-order valence-corrected chi connectivity index (χ1v) is 10.3. The third-order valence-corrected chi connectivity index (χ3v) is 5.84. The molecule has 5 heteroatoms. The van der Waals surface area contributed by atoms with Crippen molar-refractivity contribution in [3.05, 3.63) is 77.1 Å². The van der Waals surface area contributed by atoms with Gasteiger partial charge in [0.1, 0.15) is 0 Å². The second-order valence-electron chi connectivity index (χ2n) is 8.03. The summed E-state index contributed by atoms with van der Waals surface area (Å²) in [5.74, 6) is 1.75. The molecule has 0 unspecified atom stereocenters. The summed E-state index contributed by atoms with van der Waals surface area (Å²) in [6, 6.07) is 19.5. The summed E-state index contributed by atoms with van der Waals surface area (Å²) in [6.45, 7) is 7.45. The molecular weight excluding hydrogens is 346 g/mol. The molecule has 1 saturated heterocycles. The van der Waals surface area contributed by atoms with Crippen molar-refractivity contribution in [3.63, 3.8) is 0 Å². The monoisotopic (exact) mass is 375 g/mol. The second-order valence-corrected chi connectivity index (χ2v) is 8.03. The minimum atomic E-state index is 0.110. The lowest BCUT2D eigenvalue weighted by Crippen LogP contribution is -2.38. The van der Waals surface area contributed by atoms with E-state index in [-0.39, 0.29) is 6.04 Å². The minimum Gasteiger partial charge on any atom is -0.290 e. The van der Waals surface area contributed by atoms with E-state index in [4.69, 9.17) is 0 Å². The van der Waals surface area contributed by atoms with Crippen molar-refractivity contribution in [2.75, 3.05) is 13.1 Å². The van der Waals surface area contributed by atoms with Gasteiger partial charge in [-0.1, -0.05) is 67.1 Å². The van der Waals surface area contributed by atoms with Crippen LogP contribution in [0.1, 0.15) is 48.3 Å². The summed E-state index contributed by atoms with van der Waals surface area (Å²) in [4.78, 5) is 2.55. The van der Waals surface area contributed by atoms with Crippen molar-refractivity contribution in [3.8, 4) is 0 Å². The third kappa shape index (κ3) is 4.30. The molecule has 0 bridgehead atoms. The van der Waals surface area contributed by atoms with E-state index < -0.39 is 0 Å². The van der Waals surface area contributed by atoms with E-state index in [2.05, 4.69) is 88.9 Å². The summed E-state index contributed by atoms with van der Waals surface area (Å²) in [5, 5.41) is 12.9. The zero-order chi connectivity index (χ0) is 19.3. The maximum Gasteiger partial charge on any atom is 0.173 e. The first kappa shape index (κ1) is 18.8. The smallest absolute Gasteiger partial charge is 0.173 e. The molecule has 1 aromatic heterocycles. The van der Waals surface area contributed by atoms with E-state index in [1.807, 2.05) is 4.68 Å². The Balaban J connectivity index is 1.61. The Morgan fingerprint density at radius 1 is 1.00 bits per heavy atom. The average Bonchev–Trinajstić information content (AvgIpc) is 3.18. The van der Waals surface area contributed by atoms with Gasteiger partial charge in [-0.25, -0.2) is 4.68 Å². The molecule has 3 aromatic rings. The molecule has 0 spiro atoms. The van der Waals surface area contributed by atoms with E-state index in [9.17, 15) is 0 Å². The lowest BCUT2D eigenvalue weighted by molar-refractivity contribution is 0.150. The number of aromatic nitrogens is 4. The Bertz CT molecular complexity index is 864. The number of nitrogens with zero attached hydrogens (tertiary/aromatic N) is 5. The Hall–Kier alpha value is -2.53. The highest BCUT2D eigenvalue weighted by molar-refractivity contribution is 5.28. The minimum absolute atomic E-state index is 0.110. The number of benzene rings is 2. The average molecular weight is 376 g/mol. The highest BCUT2D eigenvalue weighted by atomic mass is 15.5. The molecule has 1 aliphatic heterocycles. The molecule has 1 fully saturated rings. The van der Waals surface area contributed by atoms with Gasteiger partial charge in [0.15, 0.2) is 5.82 Å². The molecule has 2 heterocycles. The second kappa shape index (κ2) is 8.65. The quantitative estimate of drug-likeness (QED) is 0.652. The fraction of sp³-hybridized carbons (Fsp3) is 0.435. The molecule has 2 aromatic carbocycles. The fourth-order valence-electron chi connectivity index (χ4n) is 4.01. The number of rotatable bonds is 6. The van der Waals surface area contributed by atoms with Crippen molar-refractivity contribution >= 4 is 0 Å². The van der Waals surface area contributed by atoms with Gasteiger partial charge in [-0.15, -0.1) is 5.10 Å². The van der Waals surface area contributed by atoms with Crippen molar-refractivity contribution in [2.24, 2.45) is 5.92 Å². The van der Waals surface area contributed by atoms with Gasteiger partial charge < -0.3 is 0 Å². The largest absolute Gasteiger partial charge is 0.290 e. The zero-order valence-corrected chi connectivity index (χ0v) is 16.8. The van der Waals surface area contributed by atoms with Crippen molar-refractivity contribution in [1.82, 2.24) is 25.1 Å². The predicted molar refractivity (Wildman–Crippen MR) is 111 cm³/mol. The number of tetrazole rings is 1. The summed E-state index contributed by atoms with van der Waals surface area (Å²) in [6.07, 6.45) is 3.39. The van der Waals surface area contributed by atoms with Crippen molar-refractivity contribution in [2.45, 2.75) is 45.7 Å². The Labute approximate surface area is 167 Å². The maximum absolute atomic E-state index is 4.48. The molecule has 0 amide bonds. The third-order valence-electron chi connectivity index (χ3n) is 5.84. The van der Waals surface area contributed by atoms with Gasteiger partial charge in [-0.3, -0.25) is 4.90 Å². The standard InChI is InChI=1S/C23H29N5/c1-18-8-10-21(11-9-18)22(27-15-12-19(2)13-16-27)23-24-25-26-28(23)17-14-20-6-4-3-5-7-20/h3-11,19,22H,12-17H2,1-2H3/t22-/m0/s1. The molecule has 0 N–H and O–H groups in total. The van der Waals surface area contributed by atoms with Crippen LogP contribution in [-0.2, 0) is 13.0 Å². The number of likely N-dealkylation sites (tertiary alicyclic amines) is 1. The van der Waals surface area contributed by atoms with Crippen molar-refractivity contribution < 1.29 is 0 Å². The maximum atomic E-state index is 4.48. The molecule has 1 aliphatic rings. The first-order valence-electron chi connectivity index (χ1n) is 10.3. The van der Waals surface area contributed by atoms with Crippen LogP contribution in [0.5, 0.6) is 0 Å². The number of aryl methyl sites for hydroxylation is 3. The van der Waals surface area contributed by atoms with E-state index >= 15 is 0 Å². The topological polar surface area (TPSA) is 46.8 Å². The van der Waals surface area contributed by atoms with Crippen LogP contribution in [0.3, 0.4) is 0 Å². The molecular formula is C23H29N5. The van der Waals surface area contributed by atoms with Gasteiger partial charge in [-0.2, -0.15) is 0 Å². The SMILES string of the molecule is Cc1ccc([C@@H](c2nnnn2CCc2ccccc2)N2CCC(C)CC2)cc1. The van der Waals surface area contributed by atoms with Gasteiger partial charge in [-0.05, 0) is 66.7 Å². The van der Waals surface area contributed by atoms with Crippen LogP contribution in [0.4, 0.5) is 0 Å².